The molecule has 0 radical (unpaired) electrons. The lowest BCUT2D eigenvalue weighted by Crippen LogP contribution is -1.98. The number of aromatic nitrogens is 2. The number of benzene rings is 1. The van der Waals surface area contributed by atoms with Gasteiger partial charge in [-0.3, -0.25) is 4.68 Å². The van der Waals surface area contributed by atoms with Gasteiger partial charge in [0.05, 0.1) is 5.69 Å². The van der Waals surface area contributed by atoms with Crippen molar-refractivity contribution in [2.75, 3.05) is 0 Å². The number of hydrogen-bond acceptors (Lipinski definition) is 2. The summed E-state index contributed by atoms with van der Waals surface area (Å²) in [7, 11) is 1.90. The second-order valence-electron chi connectivity index (χ2n) is 3.35. The van der Waals surface area contributed by atoms with Crippen LogP contribution in [-0.2, 0) is 13.6 Å². The molecule has 2 N–H and O–H groups in total. The van der Waals surface area contributed by atoms with Crippen LogP contribution in [0.1, 0.15) is 5.56 Å². The number of rotatable bonds is 2. The van der Waals surface area contributed by atoms with Crippen molar-refractivity contribution in [2.24, 2.45) is 12.8 Å². The zero-order valence-electron chi connectivity index (χ0n) is 8.44. The molecule has 0 bridgehead atoms. The molecular weight excluding hydrogens is 210 g/mol. The second kappa shape index (κ2) is 4.04. The van der Waals surface area contributed by atoms with Crippen LogP contribution in [0.25, 0.3) is 11.3 Å². The minimum atomic E-state index is 0.463. The lowest BCUT2D eigenvalue weighted by molar-refractivity contribution is 0.776. The van der Waals surface area contributed by atoms with Crippen molar-refractivity contribution >= 4 is 11.6 Å². The van der Waals surface area contributed by atoms with Crippen molar-refractivity contribution in [1.82, 2.24) is 9.78 Å². The van der Waals surface area contributed by atoms with Crippen LogP contribution in [0, 0.1) is 0 Å². The van der Waals surface area contributed by atoms with Crippen molar-refractivity contribution in [1.29, 1.82) is 0 Å². The van der Waals surface area contributed by atoms with E-state index in [1.54, 1.807) is 6.20 Å². The van der Waals surface area contributed by atoms with Crippen LogP contribution in [0.15, 0.2) is 30.5 Å². The standard InChI is InChI=1S/C11H12ClN3/c1-15-11(4-5-14-15)8-2-3-9(7-13)10(12)6-8/h2-6H,7,13H2,1H3. The van der Waals surface area contributed by atoms with Gasteiger partial charge >= 0.3 is 0 Å². The van der Waals surface area contributed by atoms with E-state index in [4.69, 9.17) is 17.3 Å². The summed E-state index contributed by atoms with van der Waals surface area (Å²) in [6.45, 7) is 0.463. The summed E-state index contributed by atoms with van der Waals surface area (Å²) in [6.07, 6.45) is 1.76. The quantitative estimate of drug-likeness (QED) is 0.845. The van der Waals surface area contributed by atoms with Crippen LogP contribution in [0.2, 0.25) is 5.02 Å². The highest BCUT2D eigenvalue weighted by Gasteiger charge is 2.05. The fourth-order valence-corrected chi connectivity index (χ4v) is 1.79. The first-order valence-corrected chi connectivity index (χ1v) is 5.07. The van der Waals surface area contributed by atoms with Crippen LogP contribution >= 0.6 is 11.6 Å². The molecule has 0 aliphatic heterocycles. The Kier molecular flexibility index (Phi) is 2.75. The molecule has 15 heavy (non-hydrogen) atoms. The average molecular weight is 222 g/mol. The molecule has 0 saturated heterocycles. The Balaban J connectivity index is 2.47. The summed E-state index contributed by atoms with van der Waals surface area (Å²) in [5, 5.41) is 4.82. The van der Waals surface area contributed by atoms with Crippen molar-refractivity contribution in [3.8, 4) is 11.3 Å². The topological polar surface area (TPSA) is 43.8 Å². The molecule has 4 heteroatoms. The maximum Gasteiger partial charge on any atom is 0.0679 e. The van der Waals surface area contributed by atoms with E-state index in [0.717, 1.165) is 16.8 Å². The second-order valence-corrected chi connectivity index (χ2v) is 3.76. The van der Waals surface area contributed by atoms with Gasteiger partial charge in [-0.2, -0.15) is 5.10 Å². The largest absolute Gasteiger partial charge is 0.326 e. The van der Waals surface area contributed by atoms with Gasteiger partial charge in [0.15, 0.2) is 0 Å². The van der Waals surface area contributed by atoms with Gasteiger partial charge < -0.3 is 5.73 Å². The normalized spacial score (nSPS) is 10.6. The summed E-state index contributed by atoms with van der Waals surface area (Å²) in [5.41, 5.74) is 8.60. The molecule has 0 aliphatic rings. The molecule has 0 fully saturated rings. The maximum absolute atomic E-state index is 6.09. The molecule has 0 aliphatic carbocycles. The summed E-state index contributed by atoms with van der Waals surface area (Å²) < 4.78 is 1.81. The maximum atomic E-state index is 6.09. The van der Waals surface area contributed by atoms with Gasteiger partial charge in [-0.05, 0) is 17.7 Å². The molecule has 0 unspecified atom stereocenters. The van der Waals surface area contributed by atoms with Gasteiger partial charge in [-0.25, -0.2) is 0 Å². The predicted octanol–water partition coefficient (Wildman–Crippen LogP) is 2.20. The van der Waals surface area contributed by atoms with Crippen molar-refractivity contribution < 1.29 is 0 Å². The number of nitrogens with two attached hydrogens (primary N) is 1. The van der Waals surface area contributed by atoms with E-state index < -0.39 is 0 Å². The Hall–Kier alpha value is -1.32. The van der Waals surface area contributed by atoms with Crippen LogP contribution in [-0.4, -0.2) is 9.78 Å². The minimum Gasteiger partial charge on any atom is -0.326 e. The van der Waals surface area contributed by atoms with Gasteiger partial charge in [0.2, 0.25) is 0 Å². The zero-order chi connectivity index (χ0) is 10.8. The number of aryl methyl sites for hydroxylation is 1. The summed E-state index contributed by atoms with van der Waals surface area (Å²) in [4.78, 5) is 0. The smallest absolute Gasteiger partial charge is 0.0679 e. The fourth-order valence-electron chi connectivity index (χ4n) is 1.53. The van der Waals surface area contributed by atoms with Gasteiger partial charge in [0.25, 0.3) is 0 Å². The molecule has 1 aromatic carbocycles. The Morgan fingerprint density at radius 3 is 2.73 bits per heavy atom. The molecule has 2 aromatic rings. The summed E-state index contributed by atoms with van der Waals surface area (Å²) >= 11 is 6.09. The third-order valence-corrected chi connectivity index (χ3v) is 2.74. The lowest BCUT2D eigenvalue weighted by atomic mass is 10.1. The molecule has 0 spiro atoms. The molecule has 0 atom stereocenters. The Morgan fingerprint density at radius 2 is 2.20 bits per heavy atom. The Morgan fingerprint density at radius 1 is 1.40 bits per heavy atom. The highest BCUT2D eigenvalue weighted by Crippen LogP contribution is 2.24. The van der Waals surface area contributed by atoms with E-state index in [2.05, 4.69) is 5.10 Å². The Bertz CT molecular complexity index is 476. The van der Waals surface area contributed by atoms with E-state index in [1.165, 1.54) is 0 Å². The lowest BCUT2D eigenvalue weighted by Gasteiger charge is -2.05. The summed E-state index contributed by atoms with van der Waals surface area (Å²) in [5.74, 6) is 0. The number of halogens is 1. The van der Waals surface area contributed by atoms with E-state index in [9.17, 15) is 0 Å². The van der Waals surface area contributed by atoms with E-state index in [0.29, 0.717) is 11.6 Å². The van der Waals surface area contributed by atoms with Gasteiger partial charge in [0, 0.05) is 30.4 Å². The van der Waals surface area contributed by atoms with Gasteiger partial charge in [-0.1, -0.05) is 23.7 Å². The first-order valence-electron chi connectivity index (χ1n) is 4.69. The third-order valence-electron chi connectivity index (χ3n) is 2.39. The van der Waals surface area contributed by atoms with E-state index in [1.807, 2.05) is 36.0 Å². The van der Waals surface area contributed by atoms with Crippen molar-refractivity contribution in [3.63, 3.8) is 0 Å². The molecule has 3 nitrogen and oxygen atoms in total. The number of nitrogens with zero attached hydrogens (tertiary/aromatic N) is 2. The average Bonchev–Trinajstić information content (AvgIpc) is 2.64. The van der Waals surface area contributed by atoms with Gasteiger partial charge in [-0.15, -0.1) is 0 Å². The molecule has 1 heterocycles. The van der Waals surface area contributed by atoms with Crippen molar-refractivity contribution in [2.45, 2.75) is 6.54 Å². The highest BCUT2D eigenvalue weighted by atomic mass is 35.5. The highest BCUT2D eigenvalue weighted by molar-refractivity contribution is 6.31. The van der Waals surface area contributed by atoms with Crippen molar-refractivity contribution in [3.05, 3.63) is 41.0 Å². The Labute approximate surface area is 93.5 Å². The third kappa shape index (κ3) is 1.89. The van der Waals surface area contributed by atoms with Crippen LogP contribution in [0.5, 0.6) is 0 Å². The molecule has 2 rings (SSSR count). The summed E-state index contributed by atoms with van der Waals surface area (Å²) in [6, 6.07) is 7.82. The van der Waals surface area contributed by atoms with Gasteiger partial charge in [0.1, 0.15) is 0 Å². The first kappa shape index (κ1) is 10.2. The van der Waals surface area contributed by atoms with Crippen LogP contribution < -0.4 is 5.73 Å². The van der Waals surface area contributed by atoms with Crippen LogP contribution in [0.3, 0.4) is 0 Å². The predicted molar refractivity (Wildman–Crippen MR) is 61.5 cm³/mol. The fraction of sp³-hybridized carbons (Fsp3) is 0.182. The zero-order valence-corrected chi connectivity index (χ0v) is 9.20. The monoisotopic (exact) mass is 221 g/mol. The number of hydrogen-bond donors (Lipinski definition) is 1. The molecule has 1 aromatic heterocycles. The first-order chi connectivity index (χ1) is 7.22. The minimum absolute atomic E-state index is 0.463. The van der Waals surface area contributed by atoms with E-state index >= 15 is 0 Å². The molecule has 0 saturated carbocycles. The molecule has 78 valence electrons. The molecule has 0 amide bonds. The SMILES string of the molecule is Cn1nccc1-c1ccc(CN)c(Cl)c1. The van der Waals surface area contributed by atoms with E-state index in [-0.39, 0.29) is 0 Å². The van der Waals surface area contributed by atoms with Crippen LogP contribution in [0.4, 0.5) is 0 Å². The molecular formula is C11H12ClN3.